The minimum absolute atomic E-state index is 0.223. The molecule has 0 N–H and O–H groups in total. The van der Waals surface area contributed by atoms with Crippen molar-refractivity contribution in [2.75, 3.05) is 27.0 Å². The highest BCUT2D eigenvalue weighted by Gasteiger charge is 2.22. The lowest BCUT2D eigenvalue weighted by Crippen LogP contribution is -2.36. The third-order valence-corrected chi connectivity index (χ3v) is 4.01. The van der Waals surface area contributed by atoms with Crippen LogP contribution in [0.3, 0.4) is 0 Å². The monoisotopic (exact) mass is 281 g/mol. The largest absolute Gasteiger partial charge is 0.467 e. The molecular formula is C15H20FNO3. The van der Waals surface area contributed by atoms with Gasteiger partial charge in [0.1, 0.15) is 11.6 Å². The molecule has 0 aliphatic carbocycles. The molecule has 1 aromatic carbocycles. The number of likely N-dealkylation sites (tertiary alicyclic amines) is 1. The maximum absolute atomic E-state index is 13.7. The second-order valence-corrected chi connectivity index (χ2v) is 5.38. The van der Waals surface area contributed by atoms with E-state index in [0.29, 0.717) is 12.7 Å². The van der Waals surface area contributed by atoms with Crippen molar-refractivity contribution in [1.29, 1.82) is 0 Å². The average Bonchev–Trinajstić information content (AvgIpc) is 2.48. The summed E-state index contributed by atoms with van der Waals surface area (Å²) in [5.41, 5.74) is 1.72. The summed E-state index contributed by atoms with van der Waals surface area (Å²) in [7, 11) is 1.76. The van der Waals surface area contributed by atoms with E-state index < -0.39 is 0 Å². The number of hydrogen-bond acceptors (Lipinski definition) is 4. The normalized spacial score (nSPS) is 20.5. The quantitative estimate of drug-likeness (QED) is 0.850. The fourth-order valence-corrected chi connectivity index (χ4v) is 2.92. The molecule has 2 aliphatic rings. The van der Waals surface area contributed by atoms with E-state index in [4.69, 9.17) is 14.2 Å². The van der Waals surface area contributed by atoms with Gasteiger partial charge >= 0.3 is 0 Å². The van der Waals surface area contributed by atoms with E-state index in [1.807, 2.05) is 0 Å². The third kappa shape index (κ3) is 2.95. The molecule has 5 heteroatoms. The van der Waals surface area contributed by atoms with Crippen molar-refractivity contribution < 1.29 is 18.6 Å². The summed E-state index contributed by atoms with van der Waals surface area (Å²) in [5, 5.41) is 0. The molecule has 2 heterocycles. The van der Waals surface area contributed by atoms with Gasteiger partial charge in [-0.2, -0.15) is 0 Å². The number of fused-ring (bicyclic) bond motifs is 1. The van der Waals surface area contributed by atoms with E-state index in [1.165, 1.54) is 6.07 Å². The highest BCUT2D eigenvalue weighted by Crippen LogP contribution is 2.31. The van der Waals surface area contributed by atoms with Gasteiger partial charge in [0, 0.05) is 37.9 Å². The zero-order chi connectivity index (χ0) is 13.9. The molecule has 0 saturated carbocycles. The Labute approximate surface area is 118 Å². The van der Waals surface area contributed by atoms with Crippen molar-refractivity contribution in [2.24, 2.45) is 0 Å². The standard InChI is InChI=1S/C15H20FNO3/c1-18-14-2-4-17(5-3-14)8-11-6-13(16)7-12-9-19-10-20-15(11)12/h6-7,14H,2-5,8-10H2,1H3. The van der Waals surface area contributed by atoms with Crippen LogP contribution in [0.25, 0.3) is 0 Å². The van der Waals surface area contributed by atoms with Gasteiger partial charge in [-0.3, -0.25) is 4.90 Å². The van der Waals surface area contributed by atoms with Crippen LogP contribution in [-0.4, -0.2) is 38.0 Å². The molecule has 0 radical (unpaired) electrons. The molecule has 2 aliphatic heterocycles. The van der Waals surface area contributed by atoms with Gasteiger partial charge in [-0.15, -0.1) is 0 Å². The molecule has 0 aromatic heterocycles. The van der Waals surface area contributed by atoms with Crippen LogP contribution in [0.4, 0.5) is 4.39 Å². The molecule has 1 fully saturated rings. The SMILES string of the molecule is COC1CCN(Cc2cc(F)cc3c2OCOC3)CC1. The molecule has 0 unspecified atom stereocenters. The Morgan fingerprint density at radius 3 is 2.90 bits per heavy atom. The number of rotatable bonds is 3. The topological polar surface area (TPSA) is 30.9 Å². The second kappa shape index (κ2) is 6.08. The first-order chi connectivity index (χ1) is 9.76. The predicted octanol–water partition coefficient (Wildman–Crippen LogP) is 2.30. The molecule has 0 atom stereocenters. The molecule has 1 aromatic rings. The number of ether oxygens (including phenoxy) is 3. The molecule has 20 heavy (non-hydrogen) atoms. The fraction of sp³-hybridized carbons (Fsp3) is 0.600. The summed E-state index contributed by atoms with van der Waals surface area (Å²) >= 11 is 0. The maximum Gasteiger partial charge on any atom is 0.189 e. The van der Waals surface area contributed by atoms with Crippen LogP contribution in [0.2, 0.25) is 0 Å². The van der Waals surface area contributed by atoms with E-state index in [2.05, 4.69) is 4.90 Å². The van der Waals surface area contributed by atoms with Crippen LogP contribution in [0.1, 0.15) is 24.0 Å². The molecule has 0 bridgehead atoms. The zero-order valence-electron chi connectivity index (χ0n) is 11.7. The molecule has 4 nitrogen and oxygen atoms in total. The second-order valence-electron chi connectivity index (χ2n) is 5.38. The van der Waals surface area contributed by atoms with Crippen molar-refractivity contribution in [3.05, 3.63) is 29.1 Å². The van der Waals surface area contributed by atoms with Crippen molar-refractivity contribution in [2.45, 2.75) is 32.1 Å². The van der Waals surface area contributed by atoms with Gasteiger partial charge in [-0.25, -0.2) is 4.39 Å². The van der Waals surface area contributed by atoms with Crippen LogP contribution in [-0.2, 0) is 22.6 Å². The van der Waals surface area contributed by atoms with Crippen molar-refractivity contribution in [1.82, 2.24) is 4.90 Å². The first-order valence-corrected chi connectivity index (χ1v) is 7.03. The molecule has 0 spiro atoms. The van der Waals surface area contributed by atoms with Gasteiger partial charge in [-0.1, -0.05) is 0 Å². The summed E-state index contributed by atoms with van der Waals surface area (Å²) in [5.74, 6) is 0.575. The van der Waals surface area contributed by atoms with Crippen molar-refractivity contribution >= 4 is 0 Å². The fourth-order valence-electron chi connectivity index (χ4n) is 2.92. The van der Waals surface area contributed by atoms with Gasteiger partial charge in [0.2, 0.25) is 0 Å². The van der Waals surface area contributed by atoms with E-state index in [1.54, 1.807) is 13.2 Å². The lowest BCUT2D eigenvalue weighted by Gasteiger charge is -2.32. The number of piperidine rings is 1. The van der Waals surface area contributed by atoms with Gasteiger partial charge in [0.25, 0.3) is 0 Å². The number of methoxy groups -OCH3 is 1. The molecular weight excluding hydrogens is 261 g/mol. The van der Waals surface area contributed by atoms with Gasteiger partial charge in [0.15, 0.2) is 6.79 Å². The Balaban J connectivity index is 1.72. The Hall–Kier alpha value is -1.17. The summed E-state index contributed by atoms with van der Waals surface area (Å²) < 4.78 is 29.8. The van der Waals surface area contributed by atoms with Gasteiger partial charge in [-0.05, 0) is 25.0 Å². The van der Waals surface area contributed by atoms with Crippen LogP contribution < -0.4 is 4.74 Å². The number of benzene rings is 1. The number of nitrogens with zero attached hydrogens (tertiary/aromatic N) is 1. The van der Waals surface area contributed by atoms with Crippen LogP contribution in [0.5, 0.6) is 5.75 Å². The highest BCUT2D eigenvalue weighted by atomic mass is 19.1. The first-order valence-electron chi connectivity index (χ1n) is 7.03. The number of halogens is 1. The van der Waals surface area contributed by atoms with Gasteiger partial charge < -0.3 is 14.2 Å². The first kappa shape index (κ1) is 13.8. The van der Waals surface area contributed by atoms with Crippen LogP contribution in [0, 0.1) is 5.82 Å². The molecule has 3 rings (SSSR count). The highest BCUT2D eigenvalue weighted by molar-refractivity contribution is 5.42. The summed E-state index contributed by atoms with van der Waals surface area (Å²) in [6.07, 6.45) is 2.41. The lowest BCUT2D eigenvalue weighted by atomic mass is 10.0. The van der Waals surface area contributed by atoms with E-state index >= 15 is 0 Å². The summed E-state index contributed by atoms with van der Waals surface area (Å²) in [4.78, 5) is 2.32. The van der Waals surface area contributed by atoms with Crippen molar-refractivity contribution in [3.63, 3.8) is 0 Å². The third-order valence-electron chi connectivity index (χ3n) is 4.01. The minimum atomic E-state index is -0.223. The Kier molecular flexibility index (Phi) is 4.19. The molecule has 0 amide bonds. The maximum atomic E-state index is 13.7. The summed E-state index contributed by atoms with van der Waals surface area (Å²) in [6, 6.07) is 3.07. The average molecular weight is 281 g/mol. The zero-order valence-corrected chi connectivity index (χ0v) is 11.7. The lowest BCUT2D eigenvalue weighted by molar-refractivity contribution is -0.0181. The number of hydrogen-bond donors (Lipinski definition) is 0. The van der Waals surface area contributed by atoms with Gasteiger partial charge in [0.05, 0.1) is 12.7 Å². The van der Waals surface area contributed by atoms with E-state index in [9.17, 15) is 4.39 Å². The van der Waals surface area contributed by atoms with E-state index in [-0.39, 0.29) is 12.6 Å². The Morgan fingerprint density at radius 1 is 1.35 bits per heavy atom. The smallest absolute Gasteiger partial charge is 0.189 e. The van der Waals surface area contributed by atoms with E-state index in [0.717, 1.165) is 49.4 Å². The predicted molar refractivity (Wildman–Crippen MR) is 72.0 cm³/mol. The Bertz CT molecular complexity index is 472. The van der Waals surface area contributed by atoms with Crippen LogP contribution in [0.15, 0.2) is 12.1 Å². The molecule has 110 valence electrons. The summed E-state index contributed by atoms with van der Waals surface area (Å²) in [6.45, 7) is 3.33. The molecule has 1 saturated heterocycles. The van der Waals surface area contributed by atoms with Crippen LogP contribution >= 0.6 is 0 Å². The minimum Gasteiger partial charge on any atom is -0.467 e. The Morgan fingerprint density at radius 2 is 2.15 bits per heavy atom. The van der Waals surface area contributed by atoms with Crippen molar-refractivity contribution in [3.8, 4) is 5.75 Å².